The number of amides is 2. The van der Waals surface area contributed by atoms with Crippen molar-refractivity contribution in [3.63, 3.8) is 0 Å². The Hall–Kier alpha value is -4.00. The number of carbonyl (C=O) groups is 2. The van der Waals surface area contributed by atoms with Crippen molar-refractivity contribution < 1.29 is 14.1 Å². The molecule has 0 unspecified atom stereocenters. The molecule has 2 aromatic carbocycles. The normalized spacial score (nSPS) is 10.8. The number of pyridine rings is 1. The van der Waals surface area contributed by atoms with Crippen LogP contribution < -0.4 is 11.1 Å². The van der Waals surface area contributed by atoms with E-state index in [4.69, 9.17) is 10.3 Å². The van der Waals surface area contributed by atoms with Crippen molar-refractivity contribution in [1.29, 1.82) is 0 Å². The first kappa shape index (κ1) is 18.4. The van der Waals surface area contributed by atoms with Gasteiger partial charge in [0.05, 0.1) is 22.3 Å². The molecule has 2 heterocycles. The maximum Gasteiger partial charge on any atom is 0.259 e. The minimum absolute atomic E-state index is 0.264. The Morgan fingerprint density at radius 3 is 2.48 bits per heavy atom. The van der Waals surface area contributed by atoms with Gasteiger partial charge in [0.25, 0.3) is 11.6 Å². The summed E-state index contributed by atoms with van der Waals surface area (Å²) in [6, 6.07) is 18.1. The number of nitrogens with one attached hydrogen (secondary N) is 1. The summed E-state index contributed by atoms with van der Waals surface area (Å²) in [6.07, 6.45) is 0. The van der Waals surface area contributed by atoms with E-state index in [1.54, 1.807) is 37.3 Å². The number of hydrogen-bond acceptors (Lipinski definition) is 5. The number of nitrogens with zero attached hydrogens (tertiary/aromatic N) is 2. The summed E-state index contributed by atoms with van der Waals surface area (Å²) >= 11 is 0. The van der Waals surface area contributed by atoms with Crippen LogP contribution in [0.2, 0.25) is 0 Å². The van der Waals surface area contributed by atoms with Gasteiger partial charge < -0.3 is 15.6 Å². The molecule has 0 atom stereocenters. The number of aromatic nitrogens is 2. The molecule has 4 aromatic rings. The van der Waals surface area contributed by atoms with Gasteiger partial charge in [0.2, 0.25) is 5.91 Å². The molecule has 0 saturated carbocycles. The van der Waals surface area contributed by atoms with Crippen molar-refractivity contribution in [2.45, 2.75) is 13.5 Å². The topological polar surface area (TPSA) is 111 Å². The van der Waals surface area contributed by atoms with Gasteiger partial charge in [-0.2, -0.15) is 0 Å². The first-order valence-electron chi connectivity index (χ1n) is 9.02. The van der Waals surface area contributed by atoms with Gasteiger partial charge in [-0.05, 0) is 30.7 Å². The Morgan fingerprint density at radius 2 is 1.79 bits per heavy atom. The maximum absolute atomic E-state index is 13.0. The minimum atomic E-state index is -0.490. The van der Waals surface area contributed by atoms with E-state index in [-0.39, 0.29) is 5.91 Å². The number of aryl methyl sites for hydroxylation is 1. The Kier molecular flexibility index (Phi) is 4.78. The second-order valence-electron chi connectivity index (χ2n) is 6.61. The maximum atomic E-state index is 13.0. The van der Waals surface area contributed by atoms with E-state index in [0.29, 0.717) is 40.2 Å². The number of benzene rings is 2. The van der Waals surface area contributed by atoms with Crippen molar-refractivity contribution in [3.8, 4) is 11.3 Å². The van der Waals surface area contributed by atoms with Crippen LogP contribution >= 0.6 is 0 Å². The van der Waals surface area contributed by atoms with Crippen molar-refractivity contribution in [1.82, 2.24) is 15.5 Å². The van der Waals surface area contributed by atoms with Crippen LogP contribution in [0.3, 0.4) is 0 Å². The molecule has 0 saturated heterocycles. The molecule has 0 aliphatic rings. The van der Waals surface area contributed by atoms with Crippen LogP contribution in [0.1, 0.15) is 32.0 Å². The summed E-state index contributed by atoms with van der Waals surface area (Å²) in [5.41, 5.74) is 9.39. The monoisotopic (exact) mass is 386 g/mol. The van der Waals surface area contributed by atoms with E-state index < -0.39 is 5.91 Å². The number of nitrogens with two attached hydrogens (primary N) is 1. The predicted molar refractivity (Wildman–Crippen MR) is 108 cm³/mol. The van der Waals surface area contributed by atoms with Crippen LogP contribution in [0.25, 0.3) is 22.4 Å². The van der Waals surface area contributed by atoms with Gasteiger partial charge in [-0.3, -0.25) is 9.59 Å². The van der Waals surface area contributed by atoms with Gasteiger partial charge >= 0.3 is 0 Å². The molecule has 29 heavy (non-hydrogen) atoms. The number of primary amides is 1. The molecule has 144 valence electrons. The molecule has 4 rings (SSSR count). The summed E-state index contributed by atoms with van der Waals surface area (Å²) in [6.45, 7) is 2.07. The van der Waals surface area contributed by atoms with Crippen molar-refractivity contribution in [2.24, 2.45) is 5.73 Å². The highest BCUT2D eigenvalue weighted by molar-refractivity contribution is 6.07. The van der Waals surface area contributed by atoms with E-state index in [0.717, 1.165) is 11.1 Å². The van der Waals surface area contributed by atoms with Gasteiger partial charge in [-0.1, -0.05) is 47.6 Å². The van der Waals surface area contributed by atoms with Crippen LogP contribution in [-0.2, 0) is 6.54 Å². The number of fused-ring (bicyclic) bond motifs is 1. The lowest BCUT2D eigenvalue weighted by Crippen LogP contribution is -2.23. The highest BCUT2D eigenvalue weighted by Gasteiger charge is 2.19. The summed E-state index contributed by atoms with van der Waals surface area (Å²) in [7, 11) is 0. The van der Waals surface area contributed by atoms with E-state index in [1.165, 1.54) is 0 Å². The standard InChI is InChI=1S/C22H18N4O3/c1-13-19-17(21(28)24-12-14-7-9-16(10-8-14)20(23)27)11-18(25-22(19)29-26-13)15-5-3-2-4-6-15/h2-11H,12H2,1H3,(H2,23,27)(H,24,28). The summed E-state index contributed by atoms with van der Waals surface area (Å²) in [5, 5.41) is 7.45. The molecular formula is C22H18N4O3. The van der Waals surface area contributed by atoms with Crippen LogP contribution in [0.15, 0.2) is 65.2 Å². The lowest BCUT2D eigenvalue weighted by Gasteiger charge is -2.09. The minimum Gasteiger partial charge on any atom is -0.366 e. The Balaban J connectivity index is 1.64. The molecule has 7 heteroatoms. The van der Waals surface area contributed by atoms with Crippen LogP contribution in [-0.4, -0.2) is 22.0 Å². The molecule has 0 radical (unpaired) electrons. The quantitative estimate of drug-likeness (QED) is 0.547. The van der Waals surface area contributed by atoms with E-state index >= 15 is 0 Å². The van der Waals surface area contributed by atoms with Gasteiger partial charge in [-0.25, -0.2) is 4.98 Å². The molecule has 0 spiro atoms. The van der Waals surface area contributed by atoms with Crippen LogP contribution in [0.4, 0.5) is 0 Å². The Bertz CT molecular complexity index is 1200. The SMILES string of the molecule is Cc1noc2nc(-c3ccccc3)cc(C(=O)NCc3ccc(C(N)=O)cc3)c12. The molecule has 3 N–H and O–H groups in total. The fourth-order valence-corrected chi connectivity index (χ4v) is 3.10. The molecule has 2 amide bonds. The van der Waals surface area contributed by atoms with Crippen molar-refractivity contribution in [2.75, 3.05) is 0 Å². The fraction of sp³-hybridized carbons (Fsp3) is 0.0909. The zero-order valence-electron chi connectivity index (χ0n) is 15.7. The first-order valence-corrected chi connectivity index (χ1v) is 9.02. The highest BCUT2D eigenvalue weighted by Crippen LogP contribution is 2.27. The third-order valence-corrected chi connectivity index (χ3v) is 4.62. The molecule has 0 aliphatic carbocycles. The van der Waals surface area contributed by atoms with Gasteiger partial charge in [0.1, 0.15) is 0 Å². The highest BCUT2D eigenvalue weighted by atomic mass is 16.5. The van der Waals surface area contributed by atoms with Gasteiger partial charge in [0, 0.05) is 17.7 Å². The molecule has 2 aromatic heterocycles. The molecule has 7 nitrogen and oxygen atoms in total. The molecule has 0 aliphatic heterocycles. The Labute approximate surface area is 166 Å². The molecule has 0 bridgehead atoms. The van der Waals surface area contributed by atoms with Crippen molar-refractivity contribution >= 4 is 22.9 Å². The molecular weight excluding hydrogens is 368 g/mol. The fourth-order valence-electron chi connectivity index (χ4n) is 3.10. The Morgan fingerprint density at radius 1 is 1.07 bits per heavy atom. The number of rotatable bonds is 5. The smallest absolute Gasteiger partial charge is 0.259 e. The average Bonchev–Trinajstić information content (AvgIpc) is 3.13. The lowest BCUT2D eigenvalue weighted by atomic mass is 10.0. The largest absolute Gasteiger partial charge is 0.366 e. The summed E-state index contributed by atoms with van der Waals surface area (Å²) in [5.74, 6) is -0.754. The van der Waals surface area contributed by atoms with Gasteiger partial charge in [-0.15, -0.1) is 0 Å². The second kappa shape index (κ2) is 7.55. The average molecular weight is 386 g/mol. The molecule has 0 fully saturated rings. The zero-order valence-corrected chi connectivity index (χ0v) is 15.7. The third kappa shape index (κ3) is 3.70. The number of hydrogen-bond donors (Lipinski definition) is 2. The van der Waals surface area contributed by atoms with Crippen LogP contribution in [0.5, 0.6) is 0 Å². The second-order valence-corrected chi connectivity index (χ2v) is 6.61. The zero-order chi connectivity index (χ0) is 20.4. The van der Waals surface area contributed by atoms with Crippen molar-refractivity contribution in [3.05, 3.63) is 83.0 Å². The van der Waals surface area contributed by atoms with Gasteiger partial charge in [0.15, 0.2) is 0 Å². The van der Waals surface area contributed by atoms with E-state index in [2.05, 4.69) is 15.5 Å². The lowest BCUT2D eigenvalue weighted by molar-refractivity contribution is 0.0950. The third-order valence-electron chi connectivity index (χ3n) is 4.62. The van der Waals surface area contributed by atoms with E-state index in [1.807, 2.05) is 30.3 Å². The van der Waals surface area contributed by atoms with E-state index in [9.17, 15) is 9.59 Å². The number of carbonyl (C=O) groups excluding carboxylic acids is 2. The summed E-state index contributed by atoms with van der Waals surface area (Å²) in [4.78, 5) is 28.6. The predicted octanol–water partition coefficient (Wildman–Crippen LogP) is 3.23. The van der Waals surface area contributed by atoms with Crippen LogP contribution in [0, 0.1) is 6.92 Å². The summed E-state index contributed by atoms with van der Waals surface area (Å²) < 4.78 is 5.32. The first-order chi connectivity index (χ1) is 14.0.